The number of hydrogen-bond acceptors (Lipinski definition) is 3. The van der Waals surface area contributed by atoms with Crippen LogP contribution in [0.5, 0.6) is 0 Å². The molecule has 34 heavy (non-hydrogen) atoms. The van der Waals surface area contributed by atoms with Crippen LogP contribution >= 0.6 is 0 Å². The zero-order valence-electron chi connectivity index (χ0n) is 20.9. The Kier molecular flexibility index (Phi) is 6.85. The number of benzene rings is 2. The van der Waals surface area contributed by atoms with Gasteiger partial charge in [0.2, 0.25) is 5.91 Å². The largest absolute Gasteiger partial charge is 0.357 e. The minimum atomic E-state index is -0.639. The zero-order valence-corrected chi connectivity index (χ0v) is 20.9. The molecule has 2 aromatic carbocycles. The molecule has 2 fully saturated rings. The van der Waals surface area contributed by atoms with Gasteiger partial charge in [-0.3, -0.25) is 4.79 Å². The van der Waals surface area contributed by atoms with Crippen molar-refractivity contribution in [3.8, 4) is 0 Å². The van der Waals surface area contributed by atoms with Crippen LogP contribution in [0, 0.1) is 11.8 Å². The Hall–Kier alpha value is -2.49. The molecule has 1 amide bonds. The maximum atomic E-state index is 14.2. The molecule has 5 rings (SSSR count). The molecule has 1 unspecified atom stereocenters. The van der Waals surface area contributed by atoms with Gasteiger partial charge in [0.15, 0.2) is 0 Å². The molecular formula is C30H41N3O. The lowest BCUT2D eigenvalue weighted by Crippen LogP contribution is -2.56. The van der Waals surface area contributed by atoms with Crippen LogP contribution in [0.25, 0.3) is 0 Å². The lowest BCUT2D eigenvalue weighted by molar-refractivity contribution is -0.130. The highest BCUT2D eigenvalue weighted by atomic mass is 16.2. The zero-order chi connectivity index (χ0) is 23.5. The molecule has 3 aliphatic rings. The van der Waals surface area contributed by atoms with Gasteiger partial charge in [0.1, 0.15) is 5.66 Å². The molecule has 1 aliphatic heterocycles. The van der Waals surface area contributed by atoms with E-state index in [0.29, 0.717) is 17.9 Å². The topological polar surface area (TPSA) is 53.2 Å². The monoisotopic (exact) mass is 459 g/mol. The molecule has 4 nitrogen and oxygen atoms in total. The van der Waals surface area contributed by atoms with Gasteiger partial charge in [-0.1, -0.05) is 88.8 Å². The molecule has 2 aromatic rings. The molecular weight excluding hydrogens is 418 g/mol. The van der Waals surface area contributed by atoms with Gasteiger partial charge in [-0.05, 0) is 60.8 Å². The number of para-hydroxylation sites is 2. The first kappa shape index (κ1) is 23.3. The van der Waals surface area contributed by atoms with E-state index < -0.39 is 5.66 Å². The quantitative estimate of drug-likeness (QED) is 0.430. The highest BCUT2D eigenvalue weighted by molar-refractivity contribution is 5.86. The van der Waals surface area contributed by atoms with Gasteiger partial charge in [0.25, 0.3) is 0 Å². The van der Waals surface area contributed by atoms with E-state index in [9.17, 15) is 4.79 Å². The molecule has 0 aromatic heterocycles. The predicted octanol–water partition coefficient (Wildman–Crippen LogP) is 7.15. The Balaban J connectivity index is 1.56. The second-order valence-corrected chi connectivity index (χ2v) is 11.1. The van der Waals surface area contributed by atoms with Crippen molar-refractivity contribution in [2.24, 2.45) is 11.8 Å². The summed E-state index contributed by atoms with van der Waals surface area (Å²) in [5.74, 6) is 0.887. The van der Waals surface area contributed by atoms with Crippen LogP contribution in [0.1, 0.15) is 95.1 Å². The number of nitrogens with one attached hydrogen (secondary N) is 3. The van der Waals surface area contributed by atoms with Gasteiger partial charge in [-0.2, -0.15) is 0 Å². The Morgan fingerprint density at radius 3 is 1.94 bits per heavy atom. The fourth-order valence-corrected chi connectivity index (χ4v) is 6.54. The van der Waals surface area contributed by atoms with Gasteiger partial charge in [-0.25, -0.2) is 0 Å². The van der Waals surface area contributed by atoms with Crippen molar-refractivity contribution in [1.82, 2.24) is 5.32 Å². The average molecular weight is 460 g/mol. The summed E-state index contributed by atoms with van der Waals surface area (Å²) in [7, 11) is 0. The lowest BCUT2D eigenvalue weighted by atomic mass is 9.70. The predicted molar refractivity (Wildman–Crippen MR) is 141 cm³/mol. The molecule has 2 aliphatic carbocycles. The third kappa shape index (κ3) is 4.56. The second-order valence-electron chi connectivity index (χ2n) is 11.1. The number of rotatable bonds is 6. The molecule has 0 saturated heterocycles. The van der Waals surface area contributed by atoms with Crippen molar-refractivity contribution in [3.05, 3.63) is 59.7 Å². The van der Waals surface area contributed by atoms with Crippen LogP contribution in [0.15, 0.2) is 48.5 Å². The molecule has 0 bridgehead atoms. The Morgan fingerprint density at radius 1 is 0.824 bits per heavy atom. The van der Waals surface area contributed by atoms with Crippen LogP contribution < -0.4 is 16.0 Å². The smallest absolute Gasteiger partial charge is 0.228 e. The van der Waals surface area contributed by atoms with Gasteiger partial charge < -0.3 is 16.0 Å². The maximum absolute atomic E-state index is 14.2. The Morgan fingerprint density at radius 2 is 1.38 bits per heavy atom. The molecule has 2 saturated carbocycles. The first-order chi connectivity index (χ1) is 16.6. The van der Waals surface area contributed by atoms with E-state index in [1.807, 2.05) is 0 Å². The highest BCUT2D eigenvalue weighted by Gasteiger charge is 2.52. The van der Waals surface area contributed by atoms with Crippen molar-refractivity contribution < 1.29 is 4.79 Å². The second kappa shape index (κ2) is 10.0. The summed E-state index contributed by atoms with van der Waals surface area (Å²) >= 11 is 0. The molecule has 0 spiro atoms. The van der Waals surface area contributed by atoms with E-state index in [2.05, 4.69) is 78.3 Å². The van der Waals surface area contributed by atoms with Gasteiger partial charge in [0.05, 0.1) is 17.3 Å². The van der Waals surface area contributed by atoms with Crippen molar-refractivity contribution >= 4 is 17.3 Å². The number of fused-ring (bicyclic) bond motifs is 1. The number of carbonyl (C=O) groups is 1. The summed E-state index contributed by atoms with van der Waals surface area (Å²) in [6.45, 7) is 4.46. The van der Waals surface area contributed by atoms with E-state index in [4.69, 9.17) is 0 Å². The summed E-state index contributed by atoms with van der Waals surface area (Å²) in [4.78, 5) is 14.2. The highest BCUT2D eigenvalue weighted by Crippen LogP contribution is 2.49. The van der Waals surface area contributed by atoms with Crippen LogP contribution in [-0.2, 0) is 10.5 Å². The summed E-state index contributed by atoms with van der Waals surface area (Å²) in [5, 5.41) is 11.2. The first-order valence-electron chi connectivity index (χ1n) is 13.6. The molecule has 1 heterocycles. The van der Waals surface area contributed by atoms with Gasteiger partial charge in [-0.15, -0.1) is 0 Å². The number of hydrogen-bond donors (Lipinski definition) is 3. The fraction of sp³-hybridized carbons (Fsp3) is 0.567. The van der Waals surface area contributed by atoms with Crippen LogP contribution in [0.3, 0.4) is 0 Å². The number of amides is 1. The minimum absolute atomic E-state index is 0.174. The molecule has 182 valence electrons. The Bertz CT molecular complexity index is 946. The maximum Gasteiger partial charge on any atom is 0.228 e. The van der Waals surface area contributed by atoms with Gasteiger partial charge in [0, 0.05) is 6.04 Å². The van der Waals surface area contributed by atoms with Crippen LogP contribution in [0.4, 0.5) is 11.4 Å². The normalized spacial score (nSPS) is 21.4. The summed E-state index contributed by atoms with van der Waals surface area (Å²) < 4.78 is 0. The van der Waals surface area contributed by atoms with Crippen molar-refractivity contribution in [1.29, 1.82) is 0 Å². The number of anilines is 2. The van der Waals surface area contributed by atoms with E-state index in [0.717, 1.165) is 42.6 Å². The lowest BCUT2D eigenvalue weighted by Gasteiger charge is -2.44. The first-order valence-corrected chi connectivity index (χ1v) is 13.6. The average Bonchev–Trinajstić information content (AvgIpc) is 3.25. The van der Waals surface area contributed by atoms with Crippen molar-refractivity contribution in [2.75, 3.05) is 10.6 Å². The van der Waals surface area contributed by atoms with Gasteiger partial charge >= 0.3 is 0 Å². The molecule has 1 atom stereocenters. The van der Waals surface area contributed by atoms with Crippen LogP contribution in [0.2, 0.25) is 0 Å². The fourth-order valence-electron chi connectivity index (χ4n) is 6.54. The minimum Gasteiger partial charge on any atom is -0.357 e. The molecule has 3 N–H and O–H groups in total. The summed E-state index contributed by atoms with van der Waals surface area (Å²) in [6, 6.07) is 17.7. The van der Waals surface area contributed by atoms with E-state index in [1.165, 1.54) is 44.1 Å². The summed E-state index contributed by atoms with van der Waals surface area (Å²) in [6.07, 6.45) is 11.9. The van der Waals surface area contributed by atoms with Crippen molar-refractivity contribution in [2.45, 2.75) is 95.7 Å². The Labute approximate surface area is 205 Å². The van der Waals surface area contributed by atoms with E-state index in [1.54, 1.807) is 0 Å². The summed E-state index contributed by atoms with van der Waals surface area (Å²) in [5.41, 5.74) is 4.01. The third-order valence-electron chi connectivity index (χ3n) is 8.45. The third-order valence-corrected chi connectivity index (χ3v) is 8.45. The van der Waals surface area contributed by atoms with E-state index in [-0.39, 0.29) is 11.8 Å². The van der Waals surface area contributed by atoms with Crippen molar-refractivity contribution in [3.63, 3.8) is 0 Å². The SMILES string of the molecule is CC(C)c1ccc(C2(C(C(=O)NC3CCCCC3)C3CCCCC3)Nc3ccccc3N2)cc1. The molecule has 0 radical (unpaired) electrons. The standard InChI is InChI=1S/C30H41N3O/c1-21(2)22-17-19-24(20-18-22)30(32-26-15-9-10-16-27(26)33-30)28(23-11-5-3-6-12-23)29(34)31-25-13-7-4-8-14-25/h9-10,15-21,23,25,28,32-33H,3-8,11-14H2,1-2H3,(H,31,34). The van der Waals surface area contributed by atoms with Crippen LogP contribution in [-0.4, -0.2) is 11.9 Å². The molecule has 4 heteroatoms. The number of carbonyl (C=O) groups excluding carboxylic acids is 1. The van der Waals surface area contributed by atoms with E-state index >= 15 is 0 Å².